The average Bonchev–Trinajstić information content (AvgIpc) is 3.04. The Morgan fingerprint density at radius 2 is 2.21 bits per heavy atom. The highest BCUT2D eigenvalue weighted by Gasteiger charge is 2.20. The van der Waals surface area contributed by atoms with Gasteiger partial charge in [0, 0.05) is 19.8 Å². The van der Waals surface area contributed by atoms with Gasteiger partial charge >= 0.3 is 0 Å². The van der Waals surface area contributed by atoms with Crippen LogP contribution in [0.2, 0.25) is 0 Å². The van der Waals surface area contributed by atoms with Crippen LogP contribution in [-0.2, 0) is 0 Å². The van der Waals surface area contributed by atoms with Gasteiger partial charge in [-0.15, -0.1) is 0 Å². The van der Waals surface area contributed by atoms with Crippen LogP contribution in [0.15, 0.2) is 24.4 Å². The van der Waals surface area contributed by atoms with E-state index in [1.807, 2.05) is 35.8 Å². The molecule has 0 aliphatic heterocycles. The predicted molar refractivity (Wildman–Crippen MR) is 75.8 cm³/mol. The highest BCUT2D eigenvalue weighted by Crippen LogP contribution is 2.27. The van der Waals surface area contributed by atoms with Crippen molar-refractivity contribution in [2.75, 3.05) is 18.5 Å². The van der Waals surface area contributed by atoms with Gasteiger partial charge in [0.25, 0.3) is 0 Å². The summed E-state index contributed by atoms with van der Waals surface area (Å²) < 4.78 is 1.85. The first-order valence-electron chi connectivity index (χ1n) is 6.93. The zero-order chi connectivity index (χ0) is 13.2. The number of carbonyl (C=O) groups is 1. The largest absolute Gasteiger partial charge is 0.357 e. The Kier molecular flexibility index (Phi) is 3.23. The minimum Gasteiger partial charge on any atom is -0.357 e. The lowest BCUT2D eigenvalue weighted by Crippen LogP contribution is -2.25. The first-order chi connectivity index (χ1) is 9.29. The van der Waals surface area contributed by atoms with Crippen molar-refractivity contribution in [2.24, 2.45) is 5.92 Å². The van der Waals surface area contributed by atoms with Crippen LogP contribution in [-0.4, -0.2) is 29.3 Å². The maximum atomic E-state index is 11.4. The van der Waals surface area contributed by atoms with E-state index in [2.05, 4.69) is 9.88 Å². The summed E-state index contributed by atoms with van der Waals surface area (Å²) in [5.74, 6) is 1.54. The standard InChI is InChI=1S/C15H19N3O/c1-17(10-12-6-2-3-7-12)15-13(11-19)18-9-5-4-8-14(18)16-15/h4-5,8-9,11-12H,2-3,6-7,10H2,1H3. The van der Waals surface area contributed by atoms with E-state index >= 15 is 0 Å². The van der Waals surface area contributed by atoms with Gasteiger partial charge in [-0.1, -0.05) is 18.9 Å². The predicted octanol–water partition coefficient (Wildman–Crippen LogP) is 2.77. The molecule has 4 heteroatoms. The molecule has 0 amide bonds. The molecular formula is C15H19N3O. The van der Waals surface area contributed by atoms with E-state index in [1.165, 1.54) is 25.7 Å². The number of hydrogen-bond donors (Lipinski definition) is 0. The number of nitrogens with zero attached hydrogens (tertiary/aromatic N) is 3. The van der Waals surface area contributed by atoms with Crippen LogP contribution in [0.1, 0.15) is 36.2 Å². The Morgan fingerprint density at radius 1 is 1.42 bits per heavy atom. The normalized spacial score (nSPS) is 16.1. The molecule has 1 aliphatic rings. The molecule has 100 valence electrons. The van der Waals surface area contributed by atoms with Crippen LogP contribution in [0, 0.1) is 5.92 Å². The molecule has 0 atom stereocenters. The minimum atomic E-state index is 0.649. The topological polar surface area (TPSA) is 37.6 Å². The van der Waals surface area contributed by atoms with Crippen molar-refractivity contribution in [3.63, 3.8) is 0 Å². The zero-order valence-electron chi connectivity index (χ0n) is 11.2. The molecule has 0 saturated heterocycles. The molecular weight excluding hydrogens is 238 g/mol. The van der Waals surface area contributed by atoms with E-state index in [1.54, 1.807) is 0 Å². The van der Waals surface area contributed by atoms with Gasteiger partial charge in [-0.25, -0.2) is 4.98 Å². The fraction of sp³-hybridized carbons (Fsp3) is 0.467. The summed E-state index contributed by atoms with van der Waals surface area (Å²) in [5.41, 5.74) is 1.48. The van der Waals surface area contributed by atoms with Gasteiger partial charge in [-0.3, -0.25) is 9.20 Å². The fourth-order valence-electron chi connectivity index (χ4n) is 3.06. The molecule has 4 nitrogen and oxygen atoms in total. The van der Waals surface area contributed by atoms with E-state index in [0.29, 0.717) is 5.69 Å². The van der Waals surface area contributed by atoms with Gasteiger partial charge in [-0.2, -0.15) is 0 Å². The number of aromatic nitrogens is 2. The SMILES string of the molecule is CN(CC1CCCC1)c1nc2ccccn2c1C=O. The number of pyridine rings is 1. The van der Waals surface area contributed by atoms with Crippen molar-refractivity contribution in [3.8, 4) is 0 Å². The molecule has 2 aromatic rings. The second-order valence-electron chi connectivity index (χ2n) is 5.40. The van der Waals surface area contributed by atoms with Gasteiger partial charge < -0.3 is 4.90 Å². The molecule has 0 bridgehead atoms. The number of anilines is 1. The lowest BCUT2D eigenvalue weighted by Gasteiger charge is -2.21. The molecule has 1 aliphatic carbocycles. The van der Waals surface area contributed by atoms with Crippen molar-refractivity contribution in [1.29, 1.82) is 0 Å². The minimum absolute atomic E-state index is 0.649. The number of fused-ring (bicyclic) bond motifs is 1. The first kappa shape index (κ1) is 12.2. The molecule has 0 aromatic carbocycles. The van der Waals surface area contributed by atoms with E-state index < -0.39 is 0 Å². The third kappa shape index (κ3) is 2.23. The van der Waals surface area contributed by atoms with E-state index in [0.717, 1.165) is 30.2 Å². The van der Waals surface area contributed by atoms with Crippen molar-refractivity contribution >= 4 is 17.8 Å². The summed E-state index contributed by atoms with van der Waals surface area (Å²) >= 11 is 0. The number of aldehydes is 1. The third-order valence-corrected chi connectivity index (χ3v) is 4.03. The summed E-state index contributed by atoms with van der Waals surface area (Å²) in [5, 5.41) is 0. The fourth-order valence-corrected chi connectivity index (χ4v) is 3.06. The van der Waals surface area contributed by atoms with Crippen LogP contribution in [0.25, 0.3) is 5.65 Å². The molecule has 0 unspecified atom stereocenters. The van der Waals surface area contributed by atoms with Crippen molar-refractivity contribution in [2.45, 2.75) is 25.7 Å². The molecule has 0 N–H and O–H groups in total. The molecule has 2 heterocycles. The number of rotatable bonds is 4. The Labute approximate surface area is 113 Å². The number of imidazole rings is 1. The molecule has 2 aromatic heterocycles. The Morgan fingerprint density at radius 3 is 2.95 bits per heavy atom. The van der Waals surface area contributed by atoms with Crippen LogP contribution >= 0.6 is 0 Å². The smallest absolute Gasteiger partial charge is 0.170 e. The monoisotopic (exact) mass is 257 g/mol. The molecule has 3 rings (SSSR count). The summed E-state index contributed by atoms with van der Waals surface area (Å²) in [4.78, 5) is 18.1. The zero-order valence-corrected chi connectivity index (χ0v) is 11.2. The number of hydrogen-bond acceptors (Lipinski definition) is 3. The lowest BCUT2D eigenvalue weighted by molar-refractivity contribution is 0.111. The van der Waals surface area contributed by atoms with Gasteiger partial charge in [0.05, 0.1) is 0 Å². The highest BCUT2D eigenvalue weighted by molar-refractivity contribution is 5.83. The second kappa shape index (κ2) is 5.03. The van der Waals surface area contributed by atoms with E-state index in [4.69, 9.17) is 0 Å². The maximum Gasteiger partial charge on any atom is 0.170 e. The van der Waals surface area contributed by atoms with Crippen LogP contribution in [0.3, 0.4) is 0 Å². The Balaban J connectivity index is 1.92. The molecule has 19 heavy (non-hydrogen) atoms. The van der Waals surface area contributed by atoms with Crippen LogP contribution < -0.4 is 4.90 Å². The van der Waals surface area contributed by atoms with Crippen LogP contribution in [0.4, 0.5) is 5.82 Å². The quantitative estimate of drug-likeness (QED) is 0.790. The van der Waals surface area contributed by atoms with E-state index in [9.17, 15) is 4.79 Å². The summed E-state index contributed by atoms with van der Waals surface area (Å²) in [7, 11) is 2.03. The number of carbonyl (C=O) groups excluding carboxylic acids is 1. The third-order valence-electron chi connectivity index (χ3n) is 4.03. The maximum absolute atomic E-state index is 11.4. The first-order valence-corrected chi connectivity index (χ1v) is 6.93. The highest BCUT2D eigenvalue weighted by atomic mass is 16.1. The molecule has 0 radical (unpaired) electrons. The van der Waals surface area contributed by atoms with Gasteiger partial charge in [0.2, 0.25) is 0 Å². The van der Waals surface area contributed by atoms with E-state index in [-0.39, 0.29) is 0 Å². The van der Waals surface area contributed by atoms with Gasteiger partial charge in [0.1, 0.15) is 11.3 Å². The van der Waals surface area contributed by atoms with Crippen molar-refractivity contribution in [1.82, 2.24) is 9.38 Å². The Bertz CT molecular complexity index is 584. The molecule has 1 saturated carbocycles. The van der Waals surface area contributed by atoms with Crippen molar-refractivity contribution < 1.29 is 4.79 Å². The van der Waals surface area contributed by atoms with Crippen LogP contribution in [0.5, 0.6) is 0 Å². The Hall–Kier alpha value is -1.84. The lowest BCUT2D eigenvalue weighted by atomic mass is 10.1. The summed E-state index contributed by atoms with van der Waals surface area (Å²) in [6.45, 7) is 0.991. The molecule has 1 fully saturated rings. The molecule has 0 spiro atoms. The average molecular weight is 257 g/mol. The van der Waals surface area contributed by atoms with Crippen molar-refractivity contribution in [3.05, 3.63) is 30.1 Å². The summed E-state index contributed by atoms with van der Waals surface area (Å²) in [6.07, 6.45) is 8.07. The summed E-state index contributed by atoms with van der Waals surface area (Å²) in [6, 6.07) is 5.79. The second-order valence-corrected chi connectivity index (χ2v) is 5.40. The van der Waals surface area contributed by atoms with Gasteiger partial charge in [0.15, 0.2) is 12.1 Å². The van der Waals surface area contributed by atoms with Gasteiger partial charge in [-0.05, 0) is 30.9 Å².